The smallest absolute Gasteiger partial charge is 0.241 e. The van der Waals surface area contributed by atoms with Crippen LogP contribution in [0.2, 0.25) is 0 Å². The highest BCUT2D eigenvalue weighted by atomic mass is 16.5. The number of likely N-dealkylation sites (N-methyl/N-ethyl adjacent to an activating group) is 1. The van der Waals surface area contributed by atoms with Gasteiger partial charge in [-0.15, -0.1) is 0 Å². The second-order valence-electron chi connectivity index (χ2n) is 5.57. The highest BCUT2D eigenvalue weighted by molar-refractivity contribution is 5.82. The summed E-state index contributed by atoms with van der Waals surface area (Å²) in [7, 11) is 3.53. The summed E-state index contributed by atoms with van der Waals surface area (Å²) in [6.07, 6.45) is 0. The van der Waals surface area contributed by atoms with Crippen molar-refractivity contribution >= 4 is 5.91 Å². The second kappa shape index (κ2) is 5.80. The molecule has 0 bridgehead atoms. The van der Waals surface area contributed by atoms with Crippen LogP contribution in [-0.2, 0) is 9.53 Å². The summed E-state index contributed by atoms with van der Waals surface area (Å²) >= 11 is 0. The summed E-state index contributed by atoms with van der Waals surface area (Å²) in [5.41, 5.74) is 5.83. The molecular weight excluding hydrogens is 218 g/mol. The molecule has 1 heterocycles. The number of methoxy groups -OCH3 is 1. The standard InChI is InChI=1S/C12H25N3O2/c1-12(2)8-14(3)11(16)10(7-13)15(9-12)5-6-17-4/h10H,5-9,13H2,1-4H3. The SMILES string of the molecule is COCCN1CC(C)(C)CN(C)C(=O)C1CN. The Bertz CT molecular complexity index is 268. The molecule has 0 radical (unpaired) electrons. The van der Waals surface area contributed by atoms with Crippen molar-refractivity contribution < 1.29 is 9.53 Å². The minimum absolute atomic E-state index is 0.0854. The van der Waals surface area contributed by atoms with Gasteiger partial charge in [0, 0.05) is 40.3 Å². The Balaban J connectivity index is 2.85. The van der Waals surface area contributed by atoms with Gasteiger partial charge in [-0.1, -0.05) is 13.8 Å². The Morgan fingerprint density at radius 2 is 2.12 bits per heavy atom. The molecule has 1 saturated heterocycles. The number of hydrogen-bond donors (Lipinski definition) is 1. The zero-order valence-corrected chi connectivity index (χ0v) is 11.4. The molecule has 1 unspecified atom stereocenters. The van der Waals surface area contributed by atoms with E-state index in [0.717, 1.165) is 19.6 Å². The van der Waals surface area contributed by atoms with Gasteiger partial charge in [0.15, 0.2) is 0 Å². The lowest BCUT2D eigenvalue weighted by Gasteiger charge is -2.31. The van der Waals surface area contributed by atoms with E-state index < -0.39 is 0 Å². The largest absolute Gasteiger partial charge is 0.383 e. The van der Waals surface area contributed by atoms with E-state index in [2.05, 4.69) is 18.7 Å². The Hall–Kier alpha value is -0.650. The van der Waals surface area contributed by atoms with Crippen LogP contribution in [0.3, 0.4) is 0 Å². The maximum atomic E-state index is 12.2. The van der Waals surface area contributed by atoms with E-state index in [0.29, 0.717) is 13.2 Å². The Morgan fingerprint density at radius 1 is 1.47 bits per heavy atom. The fourth-order valence-electron chi connectivity index (χ4n) is 2.53. The number of amides is 1. The molecule has 5 heteroatoms. The van der Waals surface area contributed by atoms with Crippen LogP contribution in [0.15, 0.2) is 0 Å². The first-order valence-electron chi connectivity index (χ1n) is 6.09. The average molecular weight is 243 g/mol. The van der Waals surface area contributed by atoms with Crippen LogP contribution < -0.4 is 5.73 Å². The van der Waals surface area contributed by atoms with Crippen molar-refractivity contribution in [3.05, 3.63) is 0 Å². The van der Waals surface area contributed by atoms with Gasteiger partial charge < -0.3 is 15.4 Å². The molecule has 1 aliphatic rings. The maximum Gasteiger partial charge on any atom is 0.241 e. The lowest BCUT2D eigenvalue weighted by molar-refractivity contribution is -0.134. The molecule has 0 aliphatic carbocycles. The maximum absolute atomic E-state index is 12.2. The predicted molar refractivity (Wildman–Crippen MR) is 67.7 cm³/mol. The topological polar surface area (TPSA) is 58.8 Å². The van der Waals surface area contributed by atoms with Gasteiger partial charge in [-0.25, -0.2) is 0 Å². The van der Waals surface area contributed by atoms with E-state index in [-0.39, 0.29) is 17.4 Å². The molecule has 0 aromatic carbocycles. The van der Waals surface area contributed by atoms with Crippen molar-refractivity contribution in [2.24, 2.45) is 11.1 Å². The first-order valence-corrected chi connectivity index (χ1v) is 6.09. The van der Waals surface area contributed by atoms with Gasteiger partial charge >= 0.3 is 0 Å². The molecule has 1 amide bonds. The number of nitrogens with zero attached hydrogens (tertiary/aromatic N) is 2. The van der Waals surface area contributed by atoms with E-state index in [4.69, 9.17) is 10.5 Å². The fraction of sp³-hybridized carbons (Fsp3) is 0.917. The molecule has 1 fully saturated rings. The van der Waals surface area contributed by atoms with Gasteiger partial charge in [0.25, 0.3) is 0 Å². The minimum Gasteiger partial charge on any atom is -0.383 e. The minimum atomic E-state index is -0.211. The molecular formula is C12H25N3O2. The molecule has 5 nitrogen and oxygen atoms in total. The lowest BCUT2D eigenvalue weighted by atomic mass is 9.92. The van der Waals surface area contributed by atoms with Gasteiger partial charge in [0.1, 0.15) is 6.04 Å². The van der Waals surface area contributed by atoms with Crippen LogP contribution in [0.5, 0.6) is 0 Å². The molecule has 0 aromatic heterocycles. The van der Waals surface area contributed by atoms with Crippen LogP contribution in [0.25, 0.3) is 0 Å². The Kier molecular flexibility index (Phi) is 4.91. The average Bonchev–Trinajstić information content (AvgIpc) is 2.32. The van der Waals surface area contributed by atoms with E-state index in [1.54, 1.807) is 12.0 Å². The van der Waals surface area contributed by atoms with Crippen molar-refractivity contribution in [2.45, 2.75) is 19.9 Å². The van der Waals surface area contributed by atoms with Gasteiger partial charge in [0.05, 0.1) is 6.61 Å². The van der Waals surface area contributed by atoms with Gasteiger partial charge in [-0.3, -0.25) is 9.69 Å². The highest BCUT2D eigenvalue weighted by Crippen LogP contribution is 2.24. The molecule has 2 N–H and O–H groups in total. The molecule has 1 rings (SSSR count). The normalized spacial score (nSPS) is 26.1. The van der Waals surface area contributed by atoms with Gasteiger partial charge in [-0.2, -0.15) is 0 Å². The number of carbonyl (C=O) groups is 1. The van der Waals surface area contributed by atoms with Crippen LogP contribution in [0.4, 0.5) is 0 Å². The number of ether oxygens (including phenoxy) is 1. The number of rotatable bonds is 4. The summed E-state index contributed by atoms with van der Waals surface area (Å²) < 4.78 is 5.10. The molecule has 1 aliphatic heterocycles. The lowest BCUT2D eigenvalue weighted by Crippen LogP contribution is -2.50. The summed E-state index contributed by atoms with van der Waals surface area (Å²) in [5, 5.41) is 0. The third-order valence-corrected chi connectivity index (χ3v) is 3.20. The number of carbonyl (C=O) groups excluding carboxylic acids is 1. The molecule has 0 saturated carbocycles. The zero-order valence-electron chi connectivity index (χ0n) is 11.4. The number of nitrogens with two attached hydrogens (primary N) is 1. The molecule has 1 atom stereocenters. The van der Waals surface area contributed by atoms with Crippen molar-refractivity contribution in [3.63, 3.8) is 0 Å². The molecule has 0 spiro atoms. The van der Waals surface area contributed by atoms with Crippen LogP contribution in [0.1, 0.15) is 13.8 Å². The predicted octanol–water partition coefficient (Wildman–Crippen LogP) is -0.240. The van der Waals surface area contributed by atoms with Crippen LogP contribution in [0, 0.1) is 5.41 Å². The Labute approximate surface area is 104 Å². The van der Waals surface area contributed by atoms with E-state index >= 15 is 0 Å². The second-order valence-corrected chi connectivity index (χ2v) is 5.57. The first-order chi connectivity index (χ1) is 7.91. The molecule has 100 valence electrons. The monoisotopic (exact) mass is 243 g/mol. The molecule has 17 heavy (non-hydrogen) atoms. The summed E-state index contributed by atoms with van der Waals surface area (Å²) in [6.45, 7) is 7.74. The Morgan fingerprint density at radius 3 is 2.65 bits per heavy atom. The van der Waals surface area contributed by atoms with Crippen molar-refractivity contribution in [2.75, 3.05) is 46.9 Å². The third kappa shape index (κ3) is 3.66. The van der Waals surface area contributed by atoms with Crippen molar-refractivity contribution in [1.29, 1.82) is 0 Å². The van der Waals surface area contributed by atoms with Crippen molar-refractivity contribution in [1.82, 2.24) is 9.80 Å². The zero-order chi connectivity index (χ0) is 13.1. The highest BCUT2D eigenvalue weighted by Gasteiger charge is 2.37. The fourth-order valence-corrected chi connectivity index (χ4v) is 2.53. The van der Waals surface area contributed by atoms with Gasteiger partial charge in [-0.05, 0) is 5.41 Å². The first kappa shape index (κ1) is 14.4. The summed E-state index contributed by atoms with van der Waals surface area (Å²) in [6, 6.07) is -0.211. The molecule has 0 aromatic rings. The summed E-state index contributed by atoms with van der Waals surface area (Å²) in [4.78, 5) is 16.1. The summed E-state index contributed by atoms with van der Waals surface area (Å²) in [5.74, 6) is 0.120. The van der Waals surface area contributed by atoms with E-state index in [9.17, 15) is 4.79 Å². The van der Waals surface area contributed by atoms with Crippen molar-refractivity contribution in [3.8, 4) is 0 Å². The van der Waals surface area contributed by atoms with Crippen LogP contribution >= 0.6 is 0 Å². The third-order valence-electron chi connectivity index (χ3n) is 3.20. The quantitative estimate of drug-likeness (QED) is 0.740. The van der Waals surface area contributed by atoms with E-state index in [1.165, 1.54) is 0 Å². The van der Waals surface area contributed by atoms with Gasteiger partial charge in [0.2, 0.25) is 5.91 Å². The number of hydrogen-bond acceptors (Lipinski definition) is 4. The van der Waals surface area contributed by atoms with E-state index in [1.807, 2.05) is 7.05 Å². The van der Waals surface area contributed by atoms with Crippen LogP contribution in [-0.4, -0.2) is 68.7 Å².